The number of aliphatic carboxylic acids is 1. The number of para-hydroxylation sites is 1. The van der Waals surface area contributed by atoms with Crippen molar-refractivity contribution in [1.29, 1.82) is 0 Å². The third-order valence-corrected chi connectivity index (χ3v) is 4.45. The van der Waals surface area contributed by atoms with E-state index in [0.717, 1.165) is 24.9 Å². The molecule has 0 bridgehead atoms. The van der Waals surface area contributed by atoms with Crippen molar-refractivity contribution in [2.24, 2.45) is 0 Å². The van der Waals surface area contributed by atoms with Crippen LogP contribution in [0.15, 0.2) is 24.3 Å². The molecule has 2 atom stereocenters. The number of anilines is 1. The second-order valence-electron chi connectivity index (χ2n) is 5.92. The van der Waals surface area contributed by atoms with Gasteiger partial charge in [-0.25, -0.2) is 4.79 Å². The SMILES string of the molecule is CC1Cc2ccccc2N1C(=O)N1CCCC1CC(=O)O. The van der Waals surface area contributed by atoms with Gasteiger partial charge < -0.3 is 10.0 Å². The average molecular weight is 288 g/mol. The van der Waals surface area contributed by atoms with E-state index in [2.05, 4.69) is 6.07 Å². The van der Waals surface area contributed by atoms with Gasteiger partial charge in [-0.3, -0.25) is 9.69 Å². The highest BCUT2D eigenvalue weighted by Crippen LogP contribution is 2.34. The van der Waals surface area contributed by atoms with Crippen LogP contribution in [0.4, 0.5) is 10.5 Å². The number of benzene rings is 1. The molecule has 0 saturated carbocycles. The predicted molar refractivity (Wildman–Crippen MR) is 79.5 cm³/mol. The van der Waals surface area contributed by atoms with Gasteiger partial charge in [0, 0.05) is 24.3 Å². The Hall–Kier alpha value is -2.04. The zero-order valence-electron chi connectivity index (χ0n) is 12.2. The van der Waals surface area contributed by atoms with Crippen molar-refractivity contribution in [3.05, 3.63) is 29.8 Å². The molecular weight excluding hydrogens is 268 g/mol. The van der Waals surface area contributed by atoms with Gasteiger partial charge in [-0.15, -0.1) is 0 Å². The largest absolute Gasteiger partial charge is 0.481 e. The predicted octanol–water partition coefficient (Wildman–Crippen LogP) is 2.50. The minimum Gasteiger partial charge on any atom is -0.481 e. The summed E-state index contributed by atoms with van der Waals surface area (Å²) in [5, 5.41) is 9.00. The van der Waals surface area contributed by atoms with E-state index in [4.69, 9.17) is 5.11 Å². The first kappa shape index (κ1) is 13.9. The number of nitrogens with zero attached hydrogens (tertiary/aromatic N) is 2. The molecule has 1 saturated heterocycles. The Kier molecular flexibility index (Phi) is 3.57. The number of hydrogen-bond donors (Lipinski definition) is 1. The van der Waals surface area contributed by atoms with Crippen LogP contribution in [-0.2, 0) is 11.2 Å². The first-order valence-electron chi connectivity index (χ1n) is 7.47. The Morgan fingerprint density at radius 1 is 1.33 bits per heavy atom. The maximum atomic E-state index is 12.9. The fourth-order valence-corrected chi connectivity index (χ4v) is 3.50. The highest BCUT2D eigenvalue weighted by Gasteiger charge is 2.38. The maximum Gasteiger partial charge on any atom is 0.325 e. The molecule has 1 N–H and O–H groups in total. The van der Waals surface area contributed by atoms with Gasteiger partial charge in [-0.2, -0.15) is 0 Å². The van der Waals surface area contributed by atoms with Gasteiger partial charge in [-0.1, -0.05) is 18.2 Å². The summed E-state index contributed by atoms with van der Waals surface area (Å²) in [4.78, 5) is 27.4. The van der Waals surface area contributed by atoms with Crippen molar-refractivity contribution >= 4 is 17.7 Å². The van der Waals surface area contributed by atoms with Crippen molar-refractivity contribution in [3.8, 4) is 0 Å². The Labute approximate surface area is 124 Å². The first-order chi connectivity index (χ1) is 10.1. The average Bonchev–Trinajstić information content (AvgIpc) is 3.00. The molecule has 0 radical (unpaired) electrons. The summed E-state index contributed by atoms with van der Waals surface area (Å²) >= 11 is 0. The number of hydrogen-bond acceptors (Lipinski definition) is 2. The van der Waals surface area contributed by atoms with E-state index in [1.807, 2.05) is 30.0 Å². The molecule has 0 aromatic heterocycles. The summed E-state index contributed by atoms with van der Waals surface area (Å²) in [6, 6.07) is 7.86. The van der Waals surface area contributed by atoms with E-state index in [-0.39, 0.29) is 24.5 Å². The third kappa shape index (κ3) is 2.48. The van der Waals surface area contributed by atoms with Crippen LogP contribution < -0.4 is 4.90 Å². The van der Waals surface area contributed by atoms with Crippen LogP contribution in [0.25, 0.3) is 0 Å². The molecule has 112 valence electrons. The van der Waals surface area contributed by atoms with E-state index in [1.165, 1.54) is 5.56 Å². The minimum absolute atomic E-state index is 0.0373. The lowest BCUT2D eigenvalue weighted by Gasteiger charge is -2.31. The molecule has 5 nitrogen and oxygen atoms in total. The molecule has 0 aliphatic carbocycles. The van der Waals surface area contributed by atoms with E-state index in [1.54, 1.807) is 4.90 Å². The second-order valence-corrected chi connectivity index (χ2v) is 5.92. The van der Waals surface area contributed by atoms with Crippen LogP contribution >= 0.6 is 0 Å². The van der Waals surface area contributed by atoms with Gasteiger partial charge in [0.15, 0.2) is 0 Å². The number of fused-ring (bicyclic) bond motifs is 1. The Balaban J connectivity index is 1.83. The zero-order valence-corrected chi connectivity index (χ0v) is 12.2. The molecule has 2 amide bonds. The van der Waals surface area contributed by atoms with Crippen LogP contribution in [0.5, 0.6) is 0 Å². The van der Waals surface area contributed by atoms with Crippen molar-refractivity contribution in [2.45, 2.75) is 44.7 Å². The molecular formula is C16H20N2O3. The summed E-state index contributed by atoms with van der Waals surface area (Å²) in [6.07, 6.45) is 2.56. The van der Waals surface area contributed by atoms with Crippen LogP contribution in [0, 0.1) is 0 Å². The van der Waals surface area contributed by atoms with Gasteiger partial charge in [-0.05, 0) is 37.8 Å². The maximum absolute atomic E-state index is 12.9. The molecule has 1 fully saturated rings. The van der Waals surface area contributed by atoms with Crippen LogP contribution in [-0.4, -0.2) is 40.6 Å². The van der Waals surface area contributed by atoms with Crippen LogP contribution in [0.3, 0.4) is 0 Å². The highest BCUT2D eigenvalue weighted by molar-refractivity contribution is 5.95. The number of carbonyl (C=O) groups is 2. The zero-order chi connectivity index (χ0) is 15.0. The number of carboxylic acid groups (broad SMARTS) is 1. The number of rotatable bonds is 2. The Morgan fingerprint density at radius 2 is 2.10 bits per heavy atom. The second kappa shape index (κ2) is 5.39. The fraction of sp³-hybridized carbons (Fsp3) is 0.500. The summed E-state index contributed by atoms with van der Waals surface area (Å²) in [6.45, 7) is 2.70. The summed E-state index contributed by atoms with van der Waals surface area (Å²) in [7, 11) is 0. The van der Waals surface area contributed by atoms with Crippen molar-refractivity contribution < 1.29 is 14.7 Å². The minimum atomic E-state index is -0.838. The van der Waals surface area contributed by atoms with Crippen molar-refractivity contribution in [2.75, 3.05) is 11.4 Å². The molecule has 2 unspecified atom stereocenters. The van der Waals surface area contributed by atoms with E-state index in [9.17, 15) is 9.59 Å². The number of carboxylic acids is 1. The lowest BCUT2D eigenvalue weighted by molar-refractivity contribution is -0.137. The number of likely N-dealkylation sites (tertiary alicyclic amines) is 1. The van der Waals surface area contributed by atoms with E-state index < -0.39 is 5.97 Å². The monoisotopic (exact) mass is 288 g/mol. The summed E-state index contributed by atoms with van der Waals surface area (Å²) < 4.78 is 0. The lowest BCUT2D eigenvalue weighted by Crippen LogP contribution is -2.48. The summed E-state index contributed by atoms with van der Waals surface area (Å²) in [5.74, 6) is -0.838. The molecule has 1 aromatic rings. The van der Waals surface area contributed by atoms with Gasteiger partial charge in [0.25, 0.3) is 0 Å². The smallest absolute Gasteiger partial charge is 0.325 e. The van der Waals surface area contributed by atoms with Crippen LogP contribution in [0.1, 0.15) is 31.7 Å². The van der Waals surface area contributed by atoms with Crippen molar-refractivity contribution in [1.82, 2.24) is 4.90 Å². The van der Waals surface area contributed by atoms with Gasteiger partial charge in [0.2, 0.25) is 0 Å². The van der Waals surface area contributed by atoms with Gasteiger partial charge in [0.1, 0.15) is 0 Å². The Morgan fingerprint density at radius 3 is 2.86 bits per heavy atom. The number of amides is 2. The molecule has 5 heteroatoms. The Bertz CT molecular complexity index is 572. The third-order valence-electron chi connectivity index (χ3n) is 4.45. The van der Waals surface area contributed by atoms with E-state index >= 15 is 0 Å². The highest BCUT2D eigenvalue weighted by atomic mass is 16.4. The normalized spacial score (nSPS) is 24.2. The summed E-state index contributed by atoms with van der Waals surface area (Å²) in [5.41, 5.74) is 2.16. The first-order valence-corrected chi connectivity index (χ1v) is 7.47. The molecule has 2 aliphatic rings. The van der Waals surface area contributed by atoms with Crippen LogP contribution in [0.2, 0.25) is 0 Å². The quantitative estimate of drug-likeness (QED) is 0.909. The van der Waals surface area contributed by atoms with Crippen molar-refractivity contribution in [3.63, 3.8) is 0 Å². The molecule has 3 rings (SSSR count). The number of urea groups is 1. The fourth-order valence-electron chi connectivity index (χ4n) is 3.50. The molecule has 0 spiro atoms. The molecule has 2 aliphatic heterocycles. The lowest BCUT2D eigenvalue weighted by atomic mass is 10.1. The number of carbonyl (C=O) groups excluding carboxylic acids is 1. The molecule has 1 aromatic carbocycles. The molecule has 21 heavy (non-hydrogen) atoms. The standard InChI is InChI=1S/C16H20N2O3/c1-11-9-12-5-2-3-7-14(12)18(11)16(21)17-8-4-6-13(17)10-15(19)20/h2-3,5,7,11,13H,4,6,8-10H2,1H3,(H,19,20). The van der Waals surface area contributed by atoms with Gasteiger partial charge in [0.05, 0.1) is 6.42 Å². The molecule has 2 heterocycles. The topological polar surface area (TPSA) is 60.9 Å². The van der Waals surface area contributed by atoms with Gasteiger partial charge >= 0.3 is 12.0 Å². The van der Waals surface area contributed by atoms with E-state index in [0.29, 0.717) is 6.54 Å².